The minimum Gasteiger partial charge on any atom is -0.383 e. The Kier molecular flexibility index (Phi) is 7.36. The predicted octanol–water partition coefficient (Wildman–Crippen LogP) is 2.58. The maximum absolute atomic E-state index is 11.7. The summed E-state index contributed by atoms with van der Waals surface area (Å²) in [5, 5.41) is 2.96. The molecule has 1 saturated heterocycles. The van der Waals surface area contributed by atoms with E-state index < -0.39 is 0 Å². The van der Waals surface area contributed by atoms with Gasteiger partial charge in [-0.3, -0.25) is 9.69 Å². The average Bonchev–Trinajstić information content (AvgIpc) is 2.59. The van der Waals surface area contributed by atoms with E-state index in [4.69, 9.17) is 4.74 Å². The van der Waals surface area contributed by atoms with E-state index in [0.717, 1.165) is 57.9 Å². The normalized spacial score (nSPS) is 15.7. The number of hydrogen-bond acceptors (Lipinski definition) is 4. The lowest BCUT2D eigenvalue weighted by molar-refractivity contribution is -0.116. The van der Waals surface area contributed by atoms with Crippen LogP contribution in [0.3, 0.4) is 0 Å². The molecule has 1 amide bonds. The van der Waals surface area contributed by atoms with Crippen LogP contribution in [0.5, 0.6) is 0 Å². The smallest absolute Gasteiger partial charge is 0.224 e. The second kappa shape index (κ2) is 9.53. The van der Waals surface area contributed by atoms with Gasteiger partial charge in [-0.1, -0.05) is 13.3 Å². The number of nitrogens with zero attached hydrogens (tertiary/aromatic N) is 2. The number of carbonyl (C=O) groups is 1. The molecule has 0 unspecified atom stereocenters. The summed E-state index contributed by atoms with van der Waals surface area (Å²) in [6.07, 6.45) is 2.58. The topological polar surface area (TPSA) is 44.8 Å². The van der Waals surface area contributed by atoms with E-state index in [1.54, 1.807) is 7.11 Å². The summed E-state index contributed by atoms with van der Waals surface area (Å²) in [7, 11) is 1.75. The van der Waals surface area contributed by atoms with Gasteiger partial charge in [0.25, 0.3) is 0 Å². The molecule has 0 radical (unpaired) electrons. The van der Waals surface area contributed by atoms with Crippen LogP contribution in [0.2, 0.25) is 0 Å². The van der Waals surface area contributed by atoms with Crippen molar-refractivity contribution < 1.29 is 9.53 Å². The van der Waals surface area contributed by atoms with E-state index in [0.29, 0.717) is 6.42 Å². The number of anilines is 2. The van der Waals surface area contributed by atoms with Gasteiger partial charge in [0.1, 0.15) is 0 Å². The summed E-state index contributed by atoms with van der Waals surface area (Å²) in [6.45, 7) is 8.10. The molecule has 1 aliphatic heterocycles. The molecule has 1 aromatic rings. The van der Waals surface area contributed by atoms with Crippen molar-refractivity contribution in [2.45, 2.75) is 26.2 Å². The number of carbonyl (C=O) groups excluding carboxylic acids is 1. The molecule has 0 saturated carbocycles. The van der Waals surface area contributed by atoms with E-state index in [1.807, 2.05) is 12.1 Å². The van der Waals surface area contributed by atoms with Crippen molar-refractivity contribution in [1.29, 1.82) is 0 Å². The summed E-state index contributed by atoms with van der Waals surface area (Å²) in [4.78, 5) is 16.6. The van der Waals surface area contributed by atoms with Gasteiger partial charge < -0.3 is 15.0 Å². The Bertz CT molecular complexity index is 468. The number of hydrogen-bond donors (Lipinski definition) is 1. The zero-order valence-electron chi connectivity index (χ0n) is 14.4. The first-order chi connectivity index (χ1) is 11.2. The van der Waals surface area contributed by atoms with Crippen LogP contribution in [0.15, 0.2) is 24.3 Å². The molecule has 5 heteroatoms. The molecule has 1 aromatic carbocycles. The quantitative estimate of drug-likeness (QED) is 0.800. The van der Waals surface area contributed by atoms with Crippen LogP contribution < -0.4 is 10.2 Å². The molecule has 0 aliphatic carbocycles. The zero-order chi connectivity index (χ0) is 16.5. The Morgan fingerprint density at radius 1 is 1.17 bits per heavy atom. The molecule has 5 nitrogen and oxygen atoms in total. The number of methoxy groups -OCH3 is 1. The summed E-state index contributed by atoms with van der Waals surface area (Å²) in [5.41, 5.74) is 2.11. The second-order valence-electron chi connectivity index (χ2n) is 6.02. The number of nitrogens with one attached hydrogen (secondary N) is 1. The van der Waals surface area contributed by atoms with Gasteiger partial charge >= 0.3 is 0 Å². The number of piperazine rings is 1. The molecule has 0 atom stereocenters. The van der Waals surface area contributed by atoms with Crippen molar-refractivity contribution in [2.75, 3.05) is 56.7 Å². The third kappa shape index (κ3) is 5.84. The van der Waals surface area contributed by atoms with Crippen LogP contribution in [0.25, 0.3) is 0 Å². The van der Waals surface area contributed by atoms with Gasteiger partial charge in [-0.15, -0.1) is 0 Å². The minimum absolute atomic E-state index is 0.103. The number of amides is 1. The van der Waals surface area contributed by atoms with Gasteiger partial charge in [0, 0.05) is 57.6 Å². The van der Waals surface area contributed by atoms with E-state index in [9.17, 15) is 4.79 Å². The van der Waals surface area contributed by atoms with Gasteiger partial charge in [-0.2, -0.15) is 0 Å². The third-order valence-corrected chi connectivity index (χ3v) is 4.26. The maximum atomic E-state index is 11.7. The minimum atomic E-state index is 0.103. The predicted molar refractivity (Wildman–Crippen MR) is 95.1 cm³/mol. The molecule has 1 fully saturated rings. The Hall–Kier alpha value is -1.59. The molecule has 0 bridgehead atoms. The first-order valence-electron chi connectivity index (χ1n) is 8.59. The first-order valence-corrected chi connectivity index (χ1v) is 8.59. The number of unbranched alkanes of at least 4 members (excludes halogenated alkanes) is 1. The SMILES string of the molecule is CCCCC(=O)Nc1ccc(N2CCN(CCOC)CC2)cc1. The summed E-state index contributed by atoms with van der Waals surface area (Å²) >= 11 is 0. The van der Waals surface area contributed by atoms with Gasteiger partial charge in [0.15, 0.2) is 0 Å². The number of benzene rings is 1. The van der Waals surface area contributed by atoms with Crippen LogP contribution >= 0.6 is 0 Å². The lowest BCUT2D eigenvalue weighted by Crippen LogP contribution is -2.47. The fourth-order valence-electron chi connectivity index (χ4n) is 2.77. The molecule has 0 spiro atoms. The molecule has 1 N–H and O–H groups in total. The third-order valence-electron chi connectivity index (χ3n) is 4.26. The molecular weight excluding hydrogens is 290 g/mol. The largest absolute Gasteiger partial charge is 0.383 e. The zero-order valence-corrected chi connectivity index (χ0v) is 14.4. The van der Waals surface area contributed by atoms with Gasteiger partial charge in [-0.25, -0.2) is 0 Å². The highest BCUT2D eigenvalue weighted by Crippen LogP contribution is 2.19. The van der Waals surface area contributed by atoms with Crippen LogP contribution in [0.4, 0.5) is 11.4 Å². The van der Waals surface area contributed by atoms with Crippen molar-refractivity contribution >= 4 is 17.3 Å². The van der Waals surface area contributed by atoms with Gasteiger partial charge in [0.2, 0.25) is 5.91 Å². The van der Waals surface area contributed by atoms with Crippen molar-refractivity contribution in [1.82, 2.24) is 4.90 Å². The lowest BCUT2D eigenvalue weighted by atomic mass is 10.2. The van der Waals surface area contributed by atoms with E-state index in [2.05, 4.69) is 34.2 Å². The van der Waals surface area contributed by atoms with Crippen LogP contribution in [0, 0.1) is 0 Å². The Morgan fingerprint density at radius 2 is 1.87 bits per heavy atom. The van der Waals surface area contributed by atoms with Crippen molar-refractivity contribution in [3.8, 4) is 0 Å². The molecular formula is C18H29N3O2. The van der Waals surface area contributed by atoms with E-state index >= 15 is 0 Å². The van der Waals surface area contributed by atoms with Gasteiger partial charge in [0.05, 0.1) is 6.61 Å². The van der Waals surface area contributed by atoms with Crippen LogP contribution in [0.1, 0.15) is 26.2 Å². The Labute approximate surface area is 139 Å². The van der Waals surface area contributed by atoms with E-state index in [-0.39, 0.29) is 5.91 Å². The van der Waals surface area contributed by atoms with Crippen molar-refractivity contribution in [3.05, 3.63) is 24.3 Å². The Balaban J connectivity index is 1.80. The lowest BCUT2D eigenvalue weighted by Gasteiger charge is -2.36. The summed E-state index contributed by atoms with van der Waals surface area (Å²) in [5.74, 6) is 0.103. The maximum Gasteiger partial charge on any atom is 0.224 e. The highest BCUT2D eigenvalue weighted by molar-refractivity contribution is 5.90. The first kappa shape index (κ1) is 17.8. The fourth-order valence-corrected chi connectivity index (χ4v) is 2.77. The van der Waals surface area contributed by atoms with Crippen molar-refractivity contribution in [2.24, 2.45) is 0 Å². The van der Waals surface area contributed by atoms with Gasteiger partial charge in [-0.05, 0) is 30.7 Å². The number of ether oxygens (including phenoxy) is 1. The molecule has 2 rings (SSSR count). The Morgan fingerprint density at radius 3 is 2.48 bits per heavy atom. The highest BCUT2D eigenvalue weighted by Gasteiger charge is 2.16. The highest BCUT2D eigenvalue weighted by atomic mass is 16.5. The number of rotatable bonds is 8. The molecule has 1 heterocycles. The van der Waals surface area contributed by atoms with Crippen LogP contribution in [-0.2, 0) is 9.53 Å². The fraction of sp³-hybridized carbons (Fsp3) is 0.611. The second-order valence-corrected chi connectivity index (χ2v) is 6.02. The molecule has 128 valence electrons. The van der Waals surface area contributed by atoms with E-state index in [1.165, 1.54) is 5.69 Å². The standard InChI is InChI=1S/C18H29N3O2/c1-3-4-5-18(22)19-16-6-8-17(9-7-16)21-12-10-20(11-13-21)14-15-23-2/h6-9H,3-5,10-15H2,1-2H3,(H,19,22). The molecule has 23 heavy (non-hydrogen) atoms. The molecule has 0 aromatic heterocycles. The van der Waals surface area contributed by atoms with Crippen molar-refractivity contribution in [3.63, 3.8) is 0 Å². The summed E-state index contributed by atoms with van der Waals surface area (Å²) in [6, 6.07) is 8.19. The monoisotopic (exact) mass is 319 g/mol. The average molecular weight is 319 g/mol. The van der Waals surface area contributed by atoms with Crippen LogP contribution in [-0.4, -0.2) is 57.2 Å². The summed E-state index contributed by atoms with van der Waals surface area (Å²) < 4.78 is 5.14. The molecule has 1 aliphatic rings.